The van der Waals surface area contributed by atoms with Gasteiger partial charge in [0.2, 0.25) is 0 Å². The Morgan fingerprint density at radius 2 is 1.03 bits per heavy atom. The van der Waals surface area contributed by atoms with Crippen molar-refractivity contribution in [3.8, 4) is 17.3 Å². The zero-order valence-electron chi connectivity index (χ0n) is 45.4. The molecule has 8 aromatic rings. The molecule has 1 aliphatic heterocycles. The number of hydrogen-bond acceptors (Lipinski definition) is 4. The molecular formula is C66H73N4OPt-3. The minimum Gasteiger partial charge on any atom is -0.509 e. The van der Waals surface area contributed by atoms with E-state index in [1.54, 1.807) is 0 Å². The molecule has 0 radical (unpaired) electrons. The van der Waals surface area contributed by atoms with E-state index in [1.165, 1.54) is 39.2 Å². The van der Waals surface area contributed by atoms with Crippen molar-refractivity contribution in [2.24, 2.45) is 10.8 Å². The van der Waals surface area contributed by atoms with Gasteiger partial charge < -0.3 is 19.1 Å². The molecule has 0 saturated carbocycles. The van der Waals surface area contributed by atoms with Crippen LogP contribution in [0.5, 0.6) is 11.5 Å². The molecule has 9 rings (SSSR count). The Bertz CT molecular complexity index is 3300. The predicted octanol–water partition coefficient (Wildman–Crippen LogP) is 17.6. The van der Waals surface area contributed by atoms with Crippen molar-refractivity contribution in [1.82, 2.24) is 9.55 Å². The Hall–Kier alpha value is -5.90. The van der Waals surface area contributed by atoms with Crippen molar-refractivity contribution in [3.63, 3.8) is 0 Å². The molecule has 2 aromatic heterocycles. The van der Waals surface area contributed by atoms with E-state index in [0.717, 1.165) is 44.6 Å². The number of anilines is 2. The summed E-state index contributed by atoms with van der Waals surface area (Å²) in [5.74, 6) is 2.08. The number of hydrogen-bond donors (Lipinski definition) is 0. The second-order valence-electron chi connectivity index (χ2n) is 24.8. The summed E-state index contributed by atoms with van der Waals surface area (Å²) in [5.41, 5.74) is 12.4. The molecule has 0 aliphatic carbocycles. The fourth-order valence-corrected chi connectivity index (χ4v) is 10.4. The molecule has 0 saturated heterocycles. The zero-order chi connectivity index (χ0) is 51.1. The Kier molecular flexibility index (Phi) is 13.7. The smallest absolute Gasteiger partial charge is 0.135 e. The van der Waals surface area contributed by atoms with Gasteiger partial charge in [0.25, 0.3) is 0 Å². The molecule has 6 aromatic carbocycles. The minimum absolute atomic E-state index is 0. The zero-order valence-corrected chi connectivity index (χ0v) is 47.7. The largest absolute Gasteiger partial charge is 0.509 e. The molecule has 0 N–H and O–H groups in total. The van der Waals surface area contributed by atoms with Gasteiger partial charge in [0.1, 0.15) is 5.82 Å². The van der Waals surface area contributed by atoms with Gasteiger partial charge in [-0.2, -0.15) is 0 Å². The van der Waals surface area contributed by atoms with Crippen molar-refractivity contribution >= 4 is 33.2 Å². The van der Waals surface area contributed by atoms with Gasteiger partial charge >= 0.3 is 0 Å². The fourth-order valence-electron chi connectivity index (χ4n) is 10.4. The average Bonchev–Trinajstić information content (AvgIpc) is 3.90. The molecule has 0 spiro atoms. The molecule has 1 aliphatic rings. The summed E-state index contributed by atoms with van der Waals surface area (Å²) in [7, 11) is 0. The number of rotatable bonds is 9. The third-order valence-electron chi connectivity index (χ3n) is 14.5. The minimum atomic E-state index is -0.386. The SMILES string of the molecule is CC(C)(C)C1=C(C(C)(C)C)N(c2cccc(C(C)(C)C)c2)[CH-]N1c1[c-]c(Oc2[c-]c3c(c(C(C)(C)C)c2)c2ccccc2n3-c2cc(C(C)(C)c3ccccc3)ccn2)cc(C(C)(C)c2ccccc2)c1.[Pt]. The van der Waals surface area contributed by atoms with Crippen LogP contribution >= 0.6 is 0 Å². The summed E-state index contributed by atoms with van der Waals surface area (Å²) in [6, 6.07) is 58.0. The number of fused-ring (bicyclic) bond motifs is 3. The van der Waals surface area contributed by atoms with Crippen LogP contribution in [0.4, 0.5) is 11.4 Å². The first kappa shape index (κ1) is 52.4. The molecule has 72 heavy (non-hydrogen) atoms. The molecule has 0 fully saturated rings. The quantitative estimate of drug-likeness (QED) is 0.135. The maximum Gasteiger partial charge on any atom is 0.135 e. The van der Waals surface area contributed by atoms with Crippen molar-refractivity contribution in [1.29, 1.82) is 0 Å². The summed E-state index contributed by atoms with van der Waals surface area (Å²) >= 11 is 0. The first-order chi connectivity index (χ1) is 33.2. The van der Waals surface area contributed by atoms with Crippen LogP contribution in [0.3, 0.4) is 0 Å². The van der Waals surface area contributed by atoms with Gasteiger partial charge in [-0.25, -0.2) is 4.98 Å². The van der Waals surface area contributed by atoms with E-state index in [2.05, 4.69) is 283 Å². The summed E-state index contributed by atoms with van der Waals surface area (Å²) in [6.07, 6.45) is 1.95. The van der Waals surface area contributed by atoms with Gasteiger partial charge in [-0.05, 0) is 74.2 Å². The Morgan fingerprint density at radius 3 is 1.62 bits per heavy atom. The van der Waals surface area contributed by atoms with E-state index < -0.39 is 0 Å². The maximum absolute atomic E-state index is 7.28. The predicted molar refractivity (Wildman–Crippen MR) is 299 cm³/mol. The van der Waals surface area contributed by atoms with E-state index in [9.17, 15) is 0 Å². The summed E-state index contributed by atoms with van der Waals surface area (Å²) in [6.45, 7) is 39.1. The van der Waals surface area contributed by atoms with Crippen molar-refractivity contribution in [2.75, 3.05) is 9.80 Å². The number of pyridine rings is 1. The van der Waals surface area contributed by atoms with E-state index in [-0.39, 0.29) is 53.6 Å². The van der Waals surface area contributed by atoms with E-state index in [1.807, 2.05) is 6.20 Å². The molecule has 0 bridgehead atoms. The second-order valence-corrected chi connectivity index (χ2v) is 24.8. The van der Waals surface area contributed by atoms with Crippen LogP contribution in [-0.4, -0.2) is 9.55 Å². The van der Waals surface area contributed by atoms with Crippen molar-refractivity contribution in [2.45, 2.75) is 132 Å². The Morgan fingerprint density at radius 1 is 0.472 bits per heavy atom. The Labute approximate surface area is 445 Å². The number of ether oxygens (including phenoxy) is 1. The van der Waals surface area contributed by atoms with Crippen LogP contribution in [0, 0.1) is 29.6 Å². The number of allylic oxidation sites excluding steroid dienone is 2. The molecule has 0 atom stereocenters. The standard InChI is InChI=1S/C66H73N4O.Pt/c1-61(2,3)46-30-25-31-49(36-46)68-43-69(60(64(10,11)12)59(68)63(7,8)9)50-37-48(66(15,16)45-28-21-18-22-29-45)38-51(40-50)71-52-41-54(62(4,5)6)58-53-32-23-24-33-55(53)70(56(58)42-52)57-39-47(34-35-67-57)65(13,14)44-26-19-17-20-27-44;/h17-39,41,43H,1-16H3;/q-3;. The summed E-state index contributed by atoms with van der Waals surface area (Å²) in [5, 5.41) is 2.30. The fraction of sp³-hybridized carbons (Fsp3) is 0.333. The van der Waals surface area contributed by atoms with Crippen LogP contribution in [0.1, 0.15) is 144 Å². The average molecular weight is 1130 g/mol. The third-order valence-corrected chi connectivity index (χ3v) is 14.5. The van der Waals surface area contributed by atoms with Crippen LogP contribution in [-0.2, 0) is 42.7 Å². The maximum atomic E-state index is 7.28. The summed E-state index contributed by atoms with van der Waals surface area (Å²) in [4.78, 5) is 9.89. The molecule has 3 heterocycles. The van der Waals surface area contributed by atoms with Gasteiger partial charge in [0, 0.05) is 77.6 Å². The molecule has 376 valence electrons. The van der Waals surface area contributed by atoms with Crippen LogP contribution in [0.2, 0.25) is 0 Å². The molecule has 0 unspecified atom stereocenters. The number of aromatic nitrogens is 2. The van der Waals surface area contributed by atoms with Gasteiger partial charge in [-0.3, -0.25) is 0 Å². The topological polar surface area (TPSA) is 33.5 Å². The molecular weight excluding hydrogens is 1060 g/mol. The number of para-hydroxylation sites is 1. The molecule has 0 amide bonds. The van der Waals surface area contributed by atoms with Gasteiger partial charge in [0.15, 0.2) is 0 Å². The second kappa shape index (κ2) is 18.9. The normalized spacial score (nSPS) is 14.1. The molecule has 5 nitrogen and oxygen atoms in total. The van der Waals surface area contributed by atoms with Gasteiger partial charge in [-0.15, -0.1) is 53.8 Å². The molecule has 6 heteroatoms. The third kappa shape index (κ3) is 9.83. The van der Waals surface area contributed by atoms with Crippen molar-refractivity contribution < 1.29 is 25.8 Å². The monoisotopic (exact) mass is 1130 g/mol. The first-order valence-corrected chi connectivity index (χ1v) is 25.4. The van der Waals surface area contributed by atoms with E-state index in [0.29, 0.717) is 11.5 Å². The van der Waals surface area contributed by atoms with Gasteiger partial charge in [-0.1, -0.05) is 213 Å². The Balaban J connectivity index is 0.00000693. The van der Waals surface area contributed by atoms with E-state index in [4.69, 9.17) is 9.72 Å². The van der Waals surface area contributed by atoms with Crippen LogP contribution < -0.4 is 14.5 Å². The first-order valence-electron chi connectivity index (χ1n) is 25.4. The number of benzene rings is 6. The van der Waals surface area contributed by atoms with Crippen molar-refractivity contribution in [3.05, 3.63) is 209 Å². The number of nitrogens with zero attached hydrogens (tertiary/aromatic N) is 4. The van der Waals surface area contributed by atoms with Crippen LogP contribution in [0.25, 0.3) is 27.6 Å². The van der Waals surface area contributed by atoms with E-state index >= 15 is 0 Å². The summed E-state index contributed by atoms with van der Waals surface area (Å²) < 4.78 is 9.56. The van der Waals surface area contributed by atoms with Gasteiger partial charge in [0.05, 0.1) is 0 Å². The van der Waals surface area contributed by atoms with Crippen LogP contribution in [0.15, 0.2) is 157 Å².